The molecule has 1 aromatic heterocycles. The highest BCUT2D eigenvalue weighted by Gasteiger charge is 2.03. The van der Waals surface area contributed by atoms with E-state index in [0.717, 1.165) is 16.7 Å². The van der Waals surface area contributed by atoms with Crippen LogP contribution in [0.25, 0.3) is 11.1 Å². The van der Waals surface area contributed by atoms with Gasteiger partial charge < -0.3 is 0 Å². The normalized spacial score (nSPS) is 9.60. The second-order valence-electron chi connectivity index (χ2n) is 3.08. The van der Waals surface area contributed by atoms with Gasteiger partial charge in [0.15, 0.2) is 0 Å². The van der Waals surface area contributed by atoms with E-state index >= 15 is 0 Å². The minimum absolute atomic E-state index is 0.278. The summed E-state index contributed by atoms with van der Waals surface area (Å²) in [5.41, 5.74) is 2.24. The fourth-order valence-electron chi connectivity index (χ4n) is 1.41. The van der Waals surface area contributed by atoms with E-state index in [0.29, 0.717) is 0 Å². The van der Waals surface area contributed by atoms with Crippen LogP contribution in [0.5, 0.6) is 0 Å². The Morgan fingerprint density at radius 1 is 1.27 bits per heavy atom. The summed E-state index contributed by atoms with van der Waals surface area (Å²) < 4.78 is 13.0. The lowest BCUT2D eigenvalue weighted by Gasteiger charge is -2.03. The Hall–Kier alpha value is -2.14. The molecule has 0 unspecified atom stereocenters. The summed E-state index contributed by atoms with van der Waals surface area (Å²) in [7, 11) is 0. The van der Waals surface area contributed by atoms with Crippen molar-refractivity contribution in [3.63, 3.8) is 0 Å². The van der Waals surface area contributed by atoms with Gasteiger partial charge in [-0.3, -0.25) is 4.98 Å². The average molecular weight is 197 g/mol. The Morgan fingerprint density at radius 2 is 2.13 bits per heavy atom. The van der Waals surface area contributed by atoms with Gasteiger partial charge >= 0.3 is 0 Å². The highest BCUT2D eigenvalue weighted by Crippen LogP contribution is 2.22. The van der Waals surface area contributed by atoms with Gasteiger partial charge in [-0.1, -0.05) is 18.1 Å². The summed E-state index contributed by atoms with van der Waals surface area (Å²) in [5.74, 6) is 2.27. The van der Waals surface area contributed by atoms with Crippen molar-refractivity contribution in [3.05, 3.63) is 54.1 Å². The van der Waals surface area contributed by atoms with Crippen molar-refractivity contribution in [2.45, 2.75) is 0 Å². The molecule has 0 atom stereocenters. The van der Waals surface area contributed by atoms with Crippen molar-refractivity contribution in [2.24, 2.45) is 0 Å². The average Bonchev–Trinajstić information content (AvgIpc) is 2.29. The number of pyridine rings is 1. The molecule has 0 aliphatic rings. The van der Waals surface area contributed by atoms with E-state index in [2.05, 4.69) is 10.9 Å². The van der Waals surface area contributed by atoms with E-state index in [1.807, 2.05) is 0 Å². The zero-order chi connectivity index (χ0) is 10.7. The molecule has 1 heterocycles. The molecule has 1 nitrogen and oxygen atoms in total. The molecule has 0 N–H and O–H groups in total. The molecule has 1 aromatic carbocycles. The van der Waals surface area contributed by atoms with E-state index in [4.69, 9.17) is 6.42 Å². The molecule has 2 rings (SSSR count). The number of hydrogen-bond donors (Lipinski definition) is 0. The lowest BCUT2D eigenvalue weighted by Crippen LogP contribution is -1.86. The quantitative estimate of drug-likeness (QED) is 0.640. The summed E-state index contributed by atoms with van der Waals surface area (Å²) in [5, 5.41) is 0. The van der Waals surface area contributed by atoms with Gasteiger partial charge in [-0.15, -0.1) is 6.42 Å². The number of halogens is 1. The summed E-state index contributed by atoms with van der Waals surface area (Å²) in [6.07, 6.45) is 8.62. The van der Waals surface area contributed by atoms with Gasteiger partial charge in [0.05, 0.1) is 0 Å². The van der Waals surface area contributed by atoms with E-state index < -0.39 is 0 Å². The first-order valence-corrected chi connectivity index (χ1v) is 4.48. The van der Waals surface area contributed by atoms with Crippen LogP contribution in [0.2, 0.25) is 0 Å². The maximum atomic E-state index is 13.0. The predicted octanol–water partition coefficient (Wildman–Crippen LogP) is 2.87. The van der Waals surface area contributed by atoms with Gasteiger partial charge in [0.1, 0.15) is 5.82 Å². The van der Waals surface area contributed by atoms with Crippen molar-refractivity contribution in [2.75, 3.05) is 0 Å². The Morgan fingerprint density at radius 3 is 2.87 bits per heavy atom. The van der Waals surface area contributed by atoms with Crippen LogP contribution in [0, 0.1) is 18.2 Å². The SMILES string of the molecule is C#Cc1ccncc1-c1cccc(F)c1. The third kappa shape index (κ3) is 1.87. The molecule has 72 valence electrons. The van der Waals surface area contributed by atoms with Gasteiger partial charge in [-0.25, -0.2) is 4.39 Å². The molecule has 0 amide bonds. The third-order valence-corrected chi connectivity index (χ3v) is 2.11. The number of rotatable bonds is 1. The highest BCUT2D eigenvalue weighted by atomic mass is 19.1. The molecular formula is C13H8FN. The van der Waals surface area contributed by atoms with Crippen molar-refractivity contribution in [1.82, 2.24) is 4.98 Å². The maximum Gasteiger partial charge on any atom is 0.123 e. The van der Waals surface area contributed by atoms with Crippen LogP contribution in [-0.2, 0) is 0 Å². The standard InChI is InChI=1S/C13H8FN/c1-2-10-6-7-15-9-13(10)11-4-3-5-12(14)8-11/h1,3-9H. The van der Waals surface area contributed by atoms with Crippen LogP contribution in [0.3, 0.4) is 0 Å². The summed E-state index contributed by atoms with van der Waals surface area (Å²) >= 11 is 0. The summed E-state index contributed by atoms with van der Waals surface area (Å²) in [6, 6.07) is 8.03. The van der Waals surface area contributed by atoms with Gasteiger partial charge in [0.2, 0.25) is 0 Å². The molecule has 15 heavy (non-hydrogen) atoms. The molecule has 0 saturated carbocycles. The van der Waals surface area contributed by atoms with Crippen molar-refractivity contribution >= 4 is 0 Å². The van der Waals surface area contributed by atoms with Crippen LogP contribution in [-0.4, -0.2) is 4.98 Å². The number of nitrogens with zero attached hydrogens (tertiary/aromatic N) is 1. The molecule has 0 spiro atoms. The first kappa shape index (κ1) is 9.42. The number of hydrogen-bond acceptors (Lipinski definition) is 1. The minimum atomic E-state index is -0.278. The largest absolute Gasteiger partial charge is 0.264 e. The van der Waals surface area contributed by atoms with Crippen LogP contribution in [0.4, 0.5) is 4.39 Å². The predicted molar refractivity (Wildman–Crippen MR) is 57.6 cm³/mol. The van der Waals surface area contributed by atoms with Crippen LogP contribution < -0.4 is 0 Å². The Labute approximate surface area is 87.6 Å². The van der Waals surface area contributed by atoms with Crippen LogP contribution in [0.15, 0.2) is 42.7 Å². The first-order valence-electron chi connectivity index (χ1n) is 4.48. The van der Waals surface area contributed by atoms with Crippen molar-refractivity contribution < 1.29 is 4.39 Å². The minimum Gasteiger partial charge on any atom is -0.264 e. The van der Waals surface area contributed by atoms with Crippen LogP contribution >= 0.6 is 0 Å². The van der Waals surface area contributed by atoms with E-state index in [9.17, 15) is 4.39 Å². The fraction of sp³-hybridized carbons (Fsp3) is 0. The zero-order valence-electron chi connectivity index (χ0n) is 7.94. The first-order chi connectivity index (χ1) is 7.31. The third-order valence-electron chi connectivity index (χ3n) is 2.11. The molecule has 2 heteroatoms. The molecule has 0 aliphatic carbocycles. The molecule has 0 saturated heterocycles. The lowest BCUT2D eigenvalue weighted by molar-refractivity contribution is 0.628. The number of aromatic nitrogens is 1. The van der Waals surface area contributed by atoms with Gasteiger partial charge in [-0.05, 0) is 23.8 Å². The van der Waals surface area contributed by atoms with E-state index in [1.54, 1.807) is 30.6 Å². The highest BCUT2D eigenvalue weighted by molar-refractivity contribution is 5.69. The second-order valence-corrected chi connectivity index (χ2v) is 3.08. The topological polar surface area (TPSA) is 12.9 Å². The van der Waals surface area contributed by atoms with Gasteiger partial charge in [-0.2, -0.15) is 0 Å². The smallest absolute Gasteiger partial charge is 0.123 e. The van der Waals surface area contributed by atoms with Crippen molar-refractivity contribution in [1.29, 1.82) is 0 Å². The Balaban J connectivity index is 2.60. The van der Waals surface area contributed by atoms with Crippen molar-refractivity contribution in [3.8, 4) is 23.5 Å². The van der Waals surface area contributed by atoms with E-state index in [-0.39, 0.29) is 5.82 Å². The van der Waals surface area contributed by atoms with Crippen LogP contribution in [0.1, 0.15) is 5.56 Å². The summed E-state index contributed by atoms with van der Waals surface area (Å²) in [6.45, 7) is 0. The zero-order valence-corrected chi connectivity index (χ0v) is 7.94. The molecular weight excluding hydrogens is 189 g/mol. The van der Waals surface area contributed by atoms with E-state index in [1.165, 1.54) is 12.1 Å². The molecule has 0 fully saturated rings. The van der Waals surface area contributed by atoms with Gasteiger partial charge in [0.25, 0.3) is 0 Å². The summed E-state index contributed by atoms with van der Waals surface area (Å²) in [4.78, 5) is 3.98. The number of terminal acetylenes is 1. The monoisotopic (exact) mass is 197 g/mol. The maximum absolute atomic E-state index is 13.0. The Kier molecular flexibility index (Phi) is 2.47. The fourth-order valence-corrected chi connectivity index (χ4v) is 1.41. The Bertz CT molecular complexity index is 526. The van der Waals surface area contributed by atoms with Gasteiger partial charge in [0, 0.05) is 23.5 Å². The lowest BCUT2D eigenvalue weighted by atomic mass is 10.0. The molecule has 0 aliphatic heterocycles. The molecule has 0 bridgehead atoms. The molecule has 0 radical (unpaired) electrons. The number of benzene rings is 1. The molecule has 2 aromatic rings. The second kappa shape index (κ2) is 3.93.